The van der Waals surface area contributed by atoms with E-state index in [4.69, 9.17) is 19.9 Å². The van der Waals surface area contributed by atoms with E-state index in [1.54, 1.807) is 0 Å². The van der Waals surface area contributed by atoms with Crippen LogP contribution in [0.2, 0.25) is 0 Å². The van der Waals surface area contributed by atoms with Gasteiger partial charge < -0.3 is 19.9 Å². The first kappa shape index (κ1) is 14.8. The Bertz CT molecular complexity index is 349. The van der Waals surface area contributed by atoms with Crippen molar-refractivity contribution >= 4 is 5.69 Å². The van der Waals surface area contributed by atoms with Gasteiger partial charge in [-0.1, -0.05) is 6.92 Å². The normalized spacial score (nSPS) is 10.9. The summed E-state index contributed by atoms with van der Waals surface area (Å²) < 4.78 is 16.9. The van der Waals surface area contributed by atoms with Crippen molar-refractivity contribution in [1.29, 1.82) is 0 Å². The van der Waals surface area contributed by atoms with Crippen LogP contribution in [0.1, 0.15) is 39.0 Å². The predicted octanol–water partition coefficient (Wildman–Crippen LogP) is 3.13. The van der Waals surface area contributed by atoms with Crippen molar-refractivity contribution < 1.29 is 14.2 Å². The summed E-state index contributed by atoms with van der Waals surface area (Å²) in [5.74, 6) is 0.776. The van der Waals surface area contributed by atoms with E-state index in [-0.39, 0.29) is 0 Å². The van der Waals surface area contributed by atoms with Gasteiger partial charge in [0.2, 0.25) is 0 Å². The predicted molar refractivity (Wildman–Crippen MR) is 72.6 cm³/mol. The molecule has 4 nitrogen and oxygen atoms in total. The third kappa shape index (κ3) is 4.20. The molecule has 0 heterocycles. The average Bonchev–Trinajstić information content (AvgIpc) is 2.37. The van der Waals surface area contributed by atoms with Gasteiger partial charge in [0.15, 0.2) is 6.29 Å². The smallest absolute Gasteiger partial charge is 0.187 e. The van der Waals surface area contributed by atoms with Gasteiger partial charge in [0.05, 0.1) is 12.2 Å². The molecular formula is C14H23NO3. The quantitative estimate of drug-likeness (QED) is 0.571. The monoisotopic (exact) mass is 253 g/mol. The molecule has 4 heteroatoms. The van der Waals surface area contributed by atoms with Gasteiger partial charge in [-0.15, -0.1) is 0 Å². The number of hydrogen-bond donors (Lipinski definition) is 1. The number of ether oxygens (including phenoxy) is 3. The lowest BCUT2D eigenvalue weighted by atomic mass is 10.1. The van der Waals surface area contributed by atoms with E-state index in [1.807, 2.05) is 32.0 Å². The number of nitrogen functional groups attached to an aromatic ring is 1. The summed E-state index contributed by atoms with van der Waals surface area (Å²) >= 11 is 0. The highest BCUT2D eigenvalue weighted by molar-refractivity contribution is 5.48. The molecule has 0 bridgehead atoms. The molecule has 0 radical (unpaired) electrons. The third-order valence-corrected chi connectivity index (χ3v) is 2.39. The number of anilines is 1. The van der Waals surface area contributed by atoms with E-state index in [2.05, 4.69) is 6.92 Å². The Morgan fingerprint density at radius 2 is 1.78 bits per heavy atom. The van der Waals surface area contributed by atoms with E-state index in [9.17, 15) is 0 Å². The van der Waals surface area contributed by atoms with Crippen molar-refractivity contribution in [3.05, 3.63) is 23.8 Å². The van der Waals surface area contributed by atoms with Gasteiger partial charge in [-0.3, -0.25) is 0 Å². The van der Waals surface area contributed by atoms with Crippen molar-refractivity contribution in [3.8, 4) is 5.75 Å². The van der Waals surface area contributed by atoms with Crippen LogP contribution in [0, 0.1) is 0 Å². The molecule has 0 aliphatic carbocycles. The molecule has 18 heavy (non-hydrogen) atoms. The average molecular weight is 253 g/mol. The van der Waals surface area contributed by atoms with Gasteiger partial charge in [-0.25, -0.2) is 0 Å². The zero-order valence-corrected chi connectivity index (χ0v) is 11.4. The Labute approximate surface area is 109 Å². The fourth-order valence-electron chi connectivity index (χ4n) is 1.63. The lowest BCUT2D eigenvalue weighted by Crippen LogP contribution is -2.11. The number of nitrogens with two attached hydrogens (primary N) is 1. The molecule has 1 rings (SSSR count). The first-order chi connectivity index (χ1) is 8.72. The highest BCUT2D eigenvalue weighted by Gasteiger charge is 2.17. The van der Waals surface area contributed by atoms with Crippen LogP contribution in [0.15, 0.2) is 18.2 Å². The Morgan fingerprint density at radius 1 is 1.11 bits per heavy atom. The SMILES string of the molecule is CCCOc1ccc(N)cc1C(OCC)OCC. The fourth-order valence-corrected chi connectivity index (χ4v) is 1.63. The molecule has 0 atom stereocenters. The van der Waals surface area contributed by atoms with Crippen molar-refractivity contribution in [2.24, 2.45) is 0 Å². The second-order valence-electron chi connectivity index (χ2n) is 3.89. The maximum absolute atomic E-state index is 5.82. The van der Waals surface area contributed by atoms with E-state index < -0.39 is 6.29 Å². The summed E-state index contributed by atoms with van der Waals surface area (Å²) in [4.78, 5) is 0. The summed E-state index contributed by atoms with van der Waals surface area (Å²) in [6, 6.07) is 5.54. The van der Waals surface area contributed by atoms with Crippen LogP contribution < -0.4 is 10.5 Å². The second kappa shape index (κ2) is 7.95. The second-order valence-corrected chi connectivity index (χ2v) is 3.89. The summed E-state index contributed by atoms with van der Waals surface area (Å²) in [7, 11) is 0. The Morgan fingerprint density at radius 3 is 2.33 bits per heavy atom. The Kier molecular flexibility index (Phi) is 6.54. The van der Waals surface area contributed by atoms with E-state index in [1.165, 1.54) is 0 Å². The van der Waals surface area contributed by atoms with Gasteiger partial charge >= 0.3 is 0 Å². The largest absolute Gasteiger partial charge is 0.493 e. The minimum atomic E-state index is -0.421. The highest BCUT2D eigenvalue weighted by atomic mass is 16.7. The maximum atomic E-state index is 5.82. The van der Waals surface area contributed by atoms with Gasteiger partial charge in [0, 0.05) is 18.9 Å². The third-order valence-electron chi connectivity index (χ3n) is 2.39. The van der Waals surface area contributed by atoms with Crippen molar-refractivity contribution in [2.75, 3.05) is 25.6 Å². The summed E-state index contributed by atoms with van der Waals surface area (Å²) in [6.07, 6.45) is 0.535. The molecule has 0 fully saturated rings. The zero-order valence-electron chi connectivity index (χ0n) is 11.4. The van der Waals surface area contributed by atoms with Crippen LogP contribution in [0.4, 0.5) is 5.69 Å². The lowest BCUT2D eigenvalue weighted by molar-refractivity contribution is -0.141. The maximum Gasteiger partial charge on any atom is 0.187 e. The molecule has 102 valence electrons. The highest BCUT2D eigenvalue weighted by Crippen LogP contribution is 2.30. The fraction of sp³-hybridized carbons (Fsp3) is 0.571. The van der Waals surface area contributed by atoms with E-state index in [0.29, 0.717) is 25.5 Å². The number of rotatable bonds is 8. The van der Waals surface area contributed by atoms with Crippen LogP contribution in [-0.2, 0) is 9.47 Å². The van der Waals surface area contributed by atoms with Crippen LogP contribution in [0.25, 0.3) is 0 Å². The molecule has 0 aliphatic heterocycles. The summed E-state index contributed by atoms with van der Waals surface area (Å²) in [5.41, 5.74) is 7.35. The standard InChI is InChI=1S/C14H23NO3/c1-4-9-18-13-8-7-11(15)10-12(13)14(16-5-2)17-6-3/h7-8,10,14H,4-6,9,15H2,1-3H3. The van der Waals surface area contributed by atoms with Crippen LogP contribution in [0.5, 0.6) is 5.75 Å². The van der Waals surface area contributed by atoms with Crippen molar-refractivity contribution in [1.82, 2.24) is 0 Å². The van der Waals surface area contributed by atoms with Crippen LogP contribution in [0.3, 0.4) is 0 Å². The van der Waals surface area contributed by atoms with Crippen molar-refractivity contribution in [2.45, 2.75) is 33.5 Å². The van der Waals surface area contributed by atoms with Gasteiger partial charge in [-0.05, 0) is 38.5 Å². The van der Waals surface area contributed by atoms with Crippen LogP contribution in [-0.4, -0.2) is 19.8 Å². The van der Waals surface area contributed by atoms with Crippen molar-refractivity contribution in [3.63, 3.8) is 0 Å². The van der Waals surface area contributed by atoms with Crippen LogP contribution >= 0.6 is 0 Å². The summed E-state index contributed by atoms with van der Waals surface area (Å²) in [5, 5.41) is 0. The first-order valence-electron chi connectivity index (χ1n) is 6.48. The zero-order chi connectivity index (χ0) is 13.4. The Hall–Kier alpha value is -1.26. The molecule has 0 amide bonds. The lowest BCUT2D eigenvalue weighted by Gasteiger charge is -2.20. The van der Waals surface area contributed by atoms with E-state index in [0.717, 1.165) is 17.7 Å². The molecule has 0 spiro atoms. The van der Waals surface area contributed by atoms with Gasteiger partial charge in [0.1, 0.15) is 5.75 Å². The van der Waals surface area contributed by atoms with E-state index >= 15 is 0 Å². The molecule has 1 aromatic rings. The Balaban J connectivity index is 2.96. The van der Waals surface area contributed by atoms with Gasteiger partial charge in [0.25, 0.3) is 0 Å². The molecule has 0 unspecified atom stereocenters. The topological polar surface area (TPSA) is 53.7 Å². The molecule has 0 saturated heterocycles. The molecule has 2 N–H and O–H groups in total. The first-order valence-corrected chi connectivity index (χ1v) is 6.48. The number of benzene rings is 1. The molecule has 1 aromatic carbocycles. The van der Waals surface area contributed by atoms with Gasteiger partial charge in [-0.2, -0.15) is 0 Å². The summed E-state index contributed by atoms with van der Waals surface area (Å²) in [6.45, 7) is 7.76. The molecular weight excluding hydrogens is 230 g/mol. The minimum absolute atomic E-state index is 0.421. The molecule has 0 saturated carbocycles. The molecule has 0 aliphatic rings. The molecule has 0 aromatic heterocycles. The number of hydrogen-bond acceptors (Lipinski definition) is 4. The minimum Gasteiger partial charge on any atom is -0.493 e.